The Bertz CT molecular complexity index is 9.61. The molecule has 0 bridgehead atoms. The van der Waals surface area contributed by atoms with Gasteiger partial charge in [0.15, 0.2) is 0 Å². The molecule has 0 N–H and O–H groups in total. The monoisotopic (exact) mass is 172 g/mol. The fourth-order valence-electron chi connectivity index (χ4n) is 0. The molecule has 0 heterocycles. The summed E-state index contributed by atoms with van der Waals surface area (Å²) < 4.78 is 0. The second kappa shape index (κ2) is 20.1. The van der Waals surface area contributed by atoms with Gasteiger partial charge in [-0.05, 0) is 0 Å². The van der Waals surface area contributed by atoms with Gasteiger partial charge in [-0.15, -0.1) is 23.3 Å². The van der Waals surface area contributed by atoms with E-state index in [0.29, 0.717) is 0 Å². The van der Waals surface area contributed by atoms with E-state index in [9.17, 15) is 0 Å². The van der Waals surface area contributed by atoms with Crippen LogP contribution in [0.1, 0.15) is 1.43 Å². The molecule has 0 aliphatic heterocycles. The van der Waals surface area contributed by atoms with Crippen LogP contribution in [0.5, 0.6) is 0 Å². The van der Waals surface area contributed by atoms with Gasteiger partial charge in [-0.1, -0.05) is 0 Å². The van der Waals surface area contributed by atoms with E-state index in [2.05, 4.69) is 23.3 Å². The van der Waals surface area contributed by atoms with Crippen LogP contribution in [0.2, 0.25) is 0 Å². The minimum Gasteiger partial charge on any atom is -1.00 e. The van der Waals surface area contributed by atoms with Crippen molar-refractivity contribution in [3.63, 3.8) is 0 Å². The van der Waals surface area contributed by atoms with Crippen LogP contribution >= 0.6 is 23.3 Å². The number of thiol groups is 2. The van der Waals surface area contributed by atoms with Crippen LogP contribution in [0.4, 0.5) is 0 Å². The first kappa shape index (κ1) is 16.7. The van der Waals surface area contributed by atoms with E-state index in [-0.39, 0.29) is 41.4 Å². The van der Waals surface area contributed by atoms with Gasteiger partial charge in [0, 0.05) is 21.1 Å². The third kappa shape index (κ3) is 9.01. The molecule has 0 aromatic heterocycles. The van der Waals surface area contributed by atoms with Gasteiger partial charge in [-0.2, -0.15) is 0 Å². The zero-order chi connectivity index (χ0) is 2.00. The number of hydrogen-bond acceptors (Lipinski definition) is 2. The molecule has 0 fully saturated rings. The Balaban J connectivity index is -0.00000000167. The van der Waals surface area contributed by atoms with Gasteiger partial charge < -0.3 is 1.43 Å². The molecule has 0 rings (SSSR count). The molecule has 4 heavy (non-hydrogen) atoms. The molecule has 0 unspecified atom stereocenters. The average molecular weight is 170 g/mol. The molecular weight excluding hydrogens is 167 g/mol. The Morgan fingerprint density at radius 3 is 1.25 bits per heavy atom. The van der Waals surface area contributed by atoms with Gasteiger partial charge in [-0.3, -0.25) is 0 Å². The van der Waals surface area contributed by atoms with Crippen molar-refractivity contribution in [3.05, 3.63) is 0 Å². The van der Waals surface area contributed by atoms with Crippen molar-refractivity contribution < 1.29 is 41.4 Å². The van der Waals surface area contributed by atoms with Crippen LogP contribution < -0.4 is 18.9 Å². The quantitative estimate of drug-likeness (QED) is 0.232. The SMILES string of the molecule is SS.[H-].[Li+].[Mo]. The summed E-state index contributed by atoms with van der Waals surface area (Å²) in [5.74, 6) is 0. The predicted molar refractivity (Wildman–Crippen MR) is 19.1 cm³/mol. The largest absolute Gasteiger partial charge is 1.00 e. The summed E-state index contributed by atoms with van der Waals surface area (Å²) in [6.45, 7) is 0. The summed E-state index contributed by atoms with van der Waals surface area (Å²) in [6, 6.07) is 0. The molecule has 0 nitrogen and oxygen atoms in total. The van der Waals surface area contributed by atoms with Crippen molar-refractivity contribution in [2.75, 3.05) is 0 Å². The molecule has 0 aromatic rings. The van der Waals surface area contributed by atoms with Gasteiger partial charge in [0.25, 0.3) is 0 Å². The fourth-order valence-corrected chi connectivity index (χ4v) is 0. The molecule has 0 aliphatic rings. The Hall–Kier alpha value is 1.99. The second-order valence-corrected chi connectivity index (χ2v) is 0. The first-order valence-electron chi connectivity index (χ1n) is 0.200. The summed E-state index contributed by atoms with van der Waals surface area (Å²) >= 11 is 6.44. The summed E-state index contributed by atoms with van der Waals surface area (Å²) in [6.07, 6.45) is 0. The molecule has 0 aromatic carbocycles. The van der Waals surface area contributed by atoms with E-state index in [1.165, 1.54) is 0 Å². The predicted octanol–water partition coefficient (Wildman–Crippen LogP) is -2.12. The maximum atomic E-state index is 3.22. The summed E-state index contributed by atoms with van der Waals surface area (Å²) in [7, 11) is 0. The molecule has 0 spiro atoms. The van der Waals surface area contributed by atoms with E-state index >= 15 is 0 Å². The maximum Gasteiger partial charge on any atom is 1.00 e. The zero-order valence-corrected chi connectivity index (χ0v) is 6.10. The van der Waals surface area contributed by atoms with Crippen molar-refractivity contribution >= 4 is 23.3 Å². The van der Waals surface area contributed by atoms with Gasteiger partial charge in [0.05, 0.1) is 0 Å². The molecule has 0 saturated carbocycles. The minimum atomic E-state index is 0. The van der Waals surface area contributed by atoms with Crippen LogP contribution in [0.15, 0.2) is 0 Å². The summed E-state index contributed by atoms with van der Waals surface area (Å²) in [4.78, 5) is 0. The van der Waals surface area contributed by atoms with Crippen LogP contribution in [0, 0.1) is 0 Å². The molecule has 0 radical (unpaired) electrons. The van der Waals surface area contributed by atoms with E-state index in [0.717, 1.165) is 0 Å². The van der Waals surface area contributed by atoms with E-state index in [1.807, 2.05) is 0 Å². The topological polar surface area (TPSA) is 0 Å². The molecule has 4 heteroatoms. The van der Waals surface area contributed by atoms with Gasteiger partial charge in [0.2, 0.25) is 0 Å². The maximum absolute atomic E-state index is 3.22. The fraction of sp³-hybridized carbons (Fsp3) is 0. The van der Waals surface area contributed by atoms with Crippen molar-refractivity contribution in [1.29, 1.82) is 0 Å². The second-order valence-electron chi connectivity index (χ2n) is 0. The third-order valence-electron chi connectivity index (χ3n) is 0. The zero-order valence-electron chi connectivity index (χ0n) is 3.30. The Labute approximate surface area is 64.3 Å². The summed E-state index contributed by atoms with van der Waals surface area (Å²) in [5.41, 5.74) is 0. The van der Waals surface area contributed by atoms with Crippen molar-refractivity contribution in [3.8, 4) is 0 Å². The smallest absolute Gasteiger partial charge is 1.00 e. The number of rotatable bonds is 0. The third-order valence-corrected chi connectivity index (χ3v) is 0. The minimum absolute atomic E-state index is 0. The molecule has 0 saturated heterocycles. The van der Waals surface area contributed by atoms with Crippen LogP contribution in [-0.4, -0.2) is 0 Å². The first-order chi connectivity index (χ1) is 1.00. The number of hydrogen-bond donors (Lipinski definition) is 2. The summed E-state index contributed by atoms with van der Waals surface area (Å²) in [5, 5.41) is 0. The van der Waals surface area contributed by atoms with Gasteiger partial charge >= 0.3 is 18.9 Å². The molecular formula is H3LiMoS2. The molecule has 0 aliphatic carbocycles. The van der Waals surface area contributed by atoms with Crippen molar-refractivity contribution in [2.45, 2.75) is 0 Å². The van der Waals surface area contributed by atoms with Gasteiger partial charge in [-0.25, -0.2) is 0 Å². The average Bonchev–Trinajstić information content (AvgIpc) is 1.00. The van der Waals surface area contributed by atoms with Gasteiger partial charge in [0.1, 0.15) is 0 Å². The van der Waals surface area contributed by atoms with E-state index < -0.39 is 0 Å². The van der Waals surface area contributed by atoms with E-state index in [1.54, 1.807) is 0 Å². The standard InChI is InChI=1S/Li.Mo.H2S2.H/c;;1-2;/h;;1-2H;/q+1;;;-1. The molecule has 22 valence electrons. The molecule has 0 amide bonds. The van der Waals surface area contributed by atoms with E-state index in [4.69, 9.17) is 0 Å². The normalized spacial score (nSPS) is 1.50. The van der Waals surface area contributed by atoms with Crippen LogP contribution in [0.25, 0.3) is 0 Å². The first-order valence-corrected chi connectivity index (χ1v) is 1.80. The Morgan fingerprint density at radius 1 is 1.25 bits per heavy atom. The Morgan fingerprint density at radius 2 is 1.25 bits per heavy atom. The Kier molecular flexibility index (Phi) is 83.8. The van der Waals surface area contributed by atoms with Crippen LogP contribution in [0.3, 0.4) is 0 Å². The molecule has 0 atom stereocenters. The van der Waals surface area contributed by atoms with Crippen LogP contribution in [-0.2, 0) is 21.1 Å². The van der Waals surface area contributed by atoms with Crippen molar-refractivity contribution in [2.24, 2.45) is 0 Å². The van der Waals surface area contributed by atoms with Crippen molar-refractivity contribution in [1.82, 2.24) is 0 Å².